The monoisotopic (exact) mass is 337 g/mol. The minimum atomic E-state index is -0.970. The molecule has 7 heteroatoms. The van der Waals surface area contributed by atoms with Crippen molar-refractivity contribution in [2.75, 3.05) is 6.61 Å². The van der Waals surface area contributed by atoms with E-state index in [1.807, 2.05) is 0 Å². The Kier molecular flexibility index (Phi) is 6.10. The topological polar surface area (TPSA) is 75.6 Å². The SMILES string of the molecule is O=C(CCCOc1cccc(F)c1)NCc1ccc(C(=O)O)s1. The van der Waals surface area contributed by atoms with E-state index in [9.17, 15) is 14.0 Å². The largest absolute Gasteiger partial charge is 0.493 e. The molecule has 0 atom stereocenters. The summed E-state index contributed by atoms with van der Waals surface area (Å²) in [6.07, 6.45) is 0.791. The van der Waals surface area contributed by atoms with E-state index >= 15 is 0 Å². The number of thiophene rings is 1. The summed E-state index contributed by atoms with van der Waals surface area (Å²) in [5, 5.41) is 11.5. The van der Waals surface area contributed by atoms with E-state index < -0.39 is 5.97 Å². The number of halogens is 1. The molecular formula is C16H16FNO4S. The van der Waals surface area contributed by atoms with Gasteiger partial charge in [0.2, 0.25) is 5.91 Å². The van der Waals surface area contributed by atoms with Crippen LogP contribution in [0.5, 0.6) is 5.75 Å². The molecule has 0 aliphatic rings. The number of benzene rings is 1. The van der Waals surface area contributed by atoms with Gasteiger partial charge in [-0.2, -0.15) is 0 Å². The maximum atomic E-state index is 12.9. The summed E-state index contributed by atoms with van der Waals surface area (Å²) in [6.45, 7) is 0.626. The zero-order valence-corrected chi connectivity index (χ0v) is 13.1. The fourth-order valence-corrected chi connectivity index (χ4v) is 2.63. The highest BCUT2D eigenvalue weighted by Gasteiger charge is 2.08. The van der Waals surface area contributed by atoms with Crippen molar-refractivity contribution in [3.63, 3.8) is 0 Å². The average Bonchev–Trinajstić information content (AvgIpc) is 2.99. The Hall–Kier alpha value is -2.41. The Balaban J connectivity index is 1.64. The zero-order valence-electron chi connectivity index (χ0n) is 12.3. The van der Waals surface area contributed by atoms with Crippen LogP contribution in [-0.2, 0) is 11.3 Å². The van der Waals surface area contributed by atoms with Gasteiger partial charge in [-0.15, -0.1) is 11.3 Å². The third-order valence-electron chi connectivity index (χ3n) is 2.95. The minimum absolute atomic E-state index is 0.141. The highest BCUT2D eigenvalue weighted by Crippen LogP contribution is 2.16. The van der Waals surface area contributed by atoms with Crippen LogP contribution in [0.4, 0.5) is 4.39 Å². The number of carbonyl (C=O) groups is 2. The van der Waals surface area contributed by atoms with Crippen molar-refractivity contribution in [2.45, 2.75) is 19.4 Å². The molecular weight excluding hydrogens is 321 g/mol. The van der Waals surface area contributed by atoms with Gasteiger partial charge in [-0.25, -0.2) is 9.18 Å². The molecule has 122 valence electrons. The lowest BCUT2D eigenvalue weighted by molar-refractivity contribution is -0.121. The number of hydrogen-bond acceptors (Lipinski definition) is 4. The van der Waals surface area contributed by atoms with Gasteiger partial charge in [-0.05, 0) is 30.7 Å². The normalized spacial score (nSPS) is 10.3. The number of ether oxygens (including phenoxy) is 1. The van der Waals surface area contributed by atoms with Crippen molar-refractivity contribution in [2.24, 2.45) is 0 Å². The summed E-state index contributed by atoms with van der Waals surface area (Å²) < 4.78 is 18.3. The summed E-state index contributed by atoms with van der Waals surface area (Å²) in [6, 6.07) is 9.03. The molecule has 0 unspecified atom stereocenters. The van der Waals surface area contributed by atoms with Gasteiger partial charge in [0.25, 0.3) is 0 Å². The maximum Gasteiger partial charge on any atom is 0.345 e. The molecule has 0 fully saturated rings. The van der Waals surface area contributed by atoms with Crippen molar-refractivity contribution >= 4 is 23.2 Å². The number of carboxylic acids is 1. The molecule has 0 bridgehead atoms. The van der Waals surface area contributed by atoms with Gasteiger partial charge in [-0.3, -0.25) is 4.79 Å². The van der Waals surface area contributed by atoms with Crippen LogP contribution < -0.4 is 10.1 Å². The number of rotatable bonds is 8. The second-order valence-corrected chi connectivity index (χ2v) is 5.93. The lowest BCUT2D eigenvalue weighted by Gasteiger charge is -2.06. The van der Waals surface area contributed by atoms with Crippen molar-refractivity contribution in [3.05, 3.63) is 52.0 Å². The van der Waals surface area contributed by atoms with Crippen LogP contribution in [0.15, 0.2) is 36.4 Å². The summed E-state index contributed by atoms with van der Waals surface area (Å²) in [5.41, 5.74) is 0. The quantitative estimate of drug-likeness (QED) is 0.726. The molecule has 0 aliphatic heterocycles. The van der Waals surface area contributed by atoms with Crippen molar-refractivity contribution in [1.82, 2.24) is 5.32 Å². The van der Waals surface area contributed by atoms with E-state index in [1.165, 1.54) is 18.2 Å². The lowest BCUT2D eigenvalue weighted by Crippen LogP contribution is -2.22. The second kappa shape index (κ2) is 8.28. The molecule has 2 N–H and O–H groups in total. The number of nitrogens with one attached hydrogen (secondary N) is 1. The van der Waals surface area contributed by atoms with E-state index in [0.29, 0.717) is 25.3 Å². The van der Waals surface area contributed by atoms with Gasteiger partial charge in [0.1, 0.15) is 16.4 Å². The molecule has 23 heavy (non-hydrogen) atoms. The first-order valence-corrected chi connectivity index (χ1v) is 7.83. The number of amides is 1. The molecule has 0 saturated carbocycles. The van der Waals surface area contributed by atoms with Crippen LogP contribution in [0, 0.1) is 5.82 Å². The number of carboxylic acid groups (broad SMARTS) is 1. The molecule has 5 nitrogen and oxygen atoms in total. The minimum Gasteiger partial charge on any atom is -0.493 e. The summed E-state index contributed by atoms with van der Waals surface area (Å²) in [7, 11) is 0. The number of aromatic carboxylic acids is 1. The molecule has 0 spiro atoms. The van der Waals surface area contributed by atoms with Crippen LogP contribution in [0.1, 0.15) is 27.4 Å². The van der Waals surface area contributed by atoms with Crippen LogP contribution in [-0.4, -0.2) is 23.6 Å². The summed E-state index contributed by atoms with van der Waals surface area (Å²) in [4.78, 5) is 23.5. The standard InChI is InChI=1S/C16H16FNO4S/c17-11-3-1-4-12(9-11)22-8-2-5-15(19)18-10-13-6-7-14(23-13)16(20)21/h1,3-4,6-7,9H,2,5,8,10H2,(H,18,19)(H,20,21). The second-order valence-electron chi connectivity index (χ2n) is 4.76. The third-order valence-corrected chi connectivity index (χ3v) is 4.02. The van der Waals surface area contributed by atoms with Gasteiger partial charge in [-0.1, -0.05) is 6.07 Å². The van der Waals surface area contributed by atoms with E-state index in [-0.39, 0.29) is 23.0 Å². The van der Waals surface area contributed by atoms with Crippen LogP contribution in [0.3, 0.4) is 0 Å². The fraction of sp³-hybridized carbons (Fsp3) is 0.250. The summed E-state index contributed by atoms with van der Waals surface area (Å²) in [5.74, 6) is -1.04. The highest BCUT2D eigenvalue weighted by molar-refractivity contribution is 7.13. The van der Waals surface area contributed by atoms with Crippen molar-refractivity contribution in [1.29, 1.82) is 0 Å². The zero-order chi connectivity index (χ0) is 16.7. The predicted molar refractivity (Wildman–Crippen MR) is 84.3 cm³/mol. The molecule has 2 rings (SSSR count). The Bertz CT molecular complexity index is 686. The first-order valence-electron chi connectivity index (χ1n) is 7.01. The first-order chi connectivity index (χ1) is 11.0. The molecule has 2 aromatic rings. The molecule has 1 heterocycles. The van der Waals surface area contributed by atoms with Crippen molar-refractivity contribution in [3.8, 4) is 5.75 Å². The Morgan fingerprint density at radius 1 is 1.26 bits per heavy atom. The van der Waals surface area contributed by atoms with Gasteiger partial charge in [0.15, 0.2) is 0 Å². The van der Waals surface area contributed by atoms with Crippen LogP contribution in [0.25, 0.3) is 0 Å². The van der Waals surface area contributed by atoms with Crippen LogP contribution >= 0.6 is 11.3 Å². The highest BCUT2D eigenvalue weighted by atomic mass is 32.1. The van der Waals surface area contributed by atoms with E-state index in [1.54, 1.807) is 18.2 Å². The van der Waals surface area contributed by atoms with Gasteiger partial charge >= 0.3 is 5.97 Å². The predicted octanol–water partition coefficient (Wildman–Crippen LogP) is 3.06. The van der Waals surface area contributed by atoms with Crippen molar-refractivity contribution < 1.29 is 23.8 Å². The smallest absolute Gasteiger partial charge is 0.345 e. The molecule has 1 aromatic carbocycles. The maximum absolute atomic E-state index is 12.9. The van der Waals surface area contributed by atoms with E-state index in [2.05, 4.69) is 5.32 Å². The molecule has 1 aromatic heterocycles. The van der Waals surface area contributed by atoms with Gasteiger partial charge < -0.3 is 15.2 Å². The van der Waals surface area contributed by atoms with Crippen LogP contribution in [0.2, 0.25) is 0 Å². The Labute approximate surface area is 136 Å². The third kappa shape index (κ3) is 5.71. The molecule has 0 saturated heterocycles. The Morgan fingerprint density at radius 3 is 2.78 bits per heavy atom. The number of hydrogen-bond donors (Lipinski definition) is 2. The fourth-order valence-electron chi connectivity index (χ4n) is 1.84. The molecule has 1 amide bonds. The number of carbonyl (C=O) groups excluding carboxylic acids is 1. The average molecular weight is 337 g/mol. The Morgan fingerprint density at radius 2 is 2.09 bits per heavy atom. The summed E-state index contributed by atoms with van der Waals surface area (Å²) >= 11 is 1.14. The van der Waals surface area contributed by atoms with Gasteiger partial charge in [0.05, 0.1) is 13.2 Å². The van der Waals surface area contributed by atoms with Gasteiger partial charge in [0, 0.05) is 17.4 Å². The molecule has 0 aliphatic carbocycles. The first kappa shape index (κ1) is 17.0. The van der Waals surface area contributed by atoms with E-state index in [4.69, 9.17) is 9.84 Å². The lowest BCUT2D eigenvalue weighted by atomic mass is 10.3. The molecule has 0 radical (unpaired) electrons. The van der Waals surface area contributed by atoms with E-state index in [0.717, 1.165) is 16.2 Å².